The van der Waals surface area contributed by atoms with Gasteiger partial charge in [0.05, 0.1) is 6.61 Å². The van der Waals surface area contributed by atoms with Gasteiger partial charge in [-0.2, -0.15) is 0 Å². The van der Waals surface area contributed by atoms with Gasteiger partial charge in [-0.3, -0.25) is 4.79 Å². The molecule has 1 aromatic carbocycles. The van der Waals surface area contributed by atoms with Crippen LogP contribution >= 0.6 is 15.9 Å². The summed E-state index contributed by atoms with van der Waals surface area (Å²) in [6, 6.07) is 7.72. The molecule has 0 radical (unpaired) electrons. The Morgan fingerprint density at radius 2 is 2.00 bits per heavy atom. The first-order valence-corrected chi connectivity index (χ1v) is 7.67. The summed E-state index contributed by atoms with van der Waals surface area (Å²) in [4.78, 5) is 11.8. The van der Waals surface area contributed by atoms with E-state index in [9.17, 15) is 9.90 Å². The second kappa shape index (κ2) is 8.22. The number of hydrogen-bond acceptors (Lipinski definition) is 2. The molecule has 0 fully saturated rings. The third-order valence-electron chi connectivity index (χ3n) is 3.79. The number of nitrogens with one attached hydrogen (secondary N) is 1. The lowest BCUT2D eigenvalue weighted by Gasteiger charge is -2.29. The number of amides is 1. The van der Waals surface area contributed by atoms with Crippen LogP contribution in [0.2, 0.25) is 0 Å². The molecule has 0 aliphatic rings. The molecule has 0 aliphatic carbocycles. The summed E-state index contributed by atoms with van der Waals surface area (Å²) in [6.07, 6.45) is 4.98. The molecule has 1 rings (SSSR count). The third kappa shape index (κ3) is 4.76. The quantitative estimate of drug-likeness (QED) is 0.748. The van der Waals surface area contributed by atoms with Gasteiger partial charge in [0.1, 0.15) is 0 Å². The number of aliphatic hydroxyl groups is 1. The molecule has 0 atom stereocenters. The van der Waals surface area contributed by atoms with Crippen LogP contribution in [0.4, 0.5) is 0 Å². The zero-order valence-electron chi connectivity index (χ0n) is 12.0. The van der Waals surface area contributed by atoms with Crippen molar-refractivity contribution >= 4 is 27.9 Å². The van der Waals surface area contributed by atoms with E-state index < -0.39 is 0 Å². The molecule has 2 N–H and O–H groups in total. The van der Waals surface area contributed by atoms with Crippen LogP contribution in [0.5, 0.6) is 0 Å². The number of halogens is 1. The summed E-state index contributed by atoms with van der Waals surface area (Å²) in [7, 11) is 0. The number of aliphatic hydroxyl groups excluding tert-OH is 1. The lowest BCUT2D eigenvalue weighted by molar-refractivity contribution is -0.117. The van der Waals surface area contributed by atoms with Crippen molar-refractivity contribution in [1.29, 1.82) is 0 Å². The molecule has 0 saturated heterocycles. The maximum absolute atomic E-state index is 11.8. The summed E-state index contributed by atoms with van der Waals surface area (Å²) in [5.41, 5.74) is 0.749. The summed E-state index contributed by atoms with van der Waals surface area (Å²) in [5, 5.41) is 12.3. The fourth-order valence-corrected chi connectivity index (χ4v) is 2.31. The second-order valence-electron chi connectivity index (χ2n) is 4.94. The Morgan fingerprint density at radius 1 is 1.35 bits per heavy atom. The van der Waals surface area contributed by atoms with E-state index in [0.29, 0.717) is 6.54 Å². The zero-order valence-corrected chi connectivity index (χ0v) is 13.6. The molecule has 0 aromatic heterocycles. The fourth-order valence-electron chi connectivity index (χ4n) is 1.89. The number of benzene rings is 1. The molecule has 20 heavy (non-hydrogen) atoms. The summed E-state index contributed by atoms with van der Waals surface area (Å²) < 4.78 is 0.955. The smallest absolute Gasteiger partial charge is 0.244 e. The van der Waals surface area contributed by atoms with E-state index in [4.69, 9.17) is 0 Å². The Labute approximate surface area is 129 Å². The number of hydrogen-bond donors (Lipinski definition) is 2. The van der Waals surface area contributed by atoms with E-state index in [0.717, 1.165) is 22.9 Å². The average molecular weight is 340 g/mol. The highest BCUT2D eigenvalue weighted by atomic mass is 79.9. The molecule has 0 aliphatic heterocycles. The number of carbonyl (C=O) groups excluding carboxylic acids is 1. The van der Waals surface area contributed by atoms with Crippen molar-refractivity contribution in [3.63, 3.8) is 0 Å². The minimum atomic E-state index is -0.211. The molecule has 110 valence electrons. The van der Waals surface area contributed by atoms with Crippen LogP contribution in [0.1, 0.15) is 32.3 Å². The summed E-state index contributed by atoms with van der Waals surface area (Å²) in [6.45, 7) is 4.65. The predicted octanol–water partition coefficient (Wildman–Crippen LogP) is 3.38. The van der Waals surface area contributed by atoms with E-state index in [1.807, 2.05) is 38.1 Å². The predicted molar refractivity (Wildman–Crippen MR) is 86.3 cm³/mol. The van der Waals surface area contributed by atoms with Gasteiger partial charge >= 0.3 is 0 Å². The molecule has 1 aromatic rings. The second-order valence-corrected chi connectivity index (χ2v) is 5.79. The monoisotopic (exact) mass is 339 g/mol. The van der Waals surface area contributed by atoms with Crippen LogP contribution in [-0.2, 0) is 4.79 Å². The van der Waals surface area contributed by atoms with Gasteiger partial charge < -0.3 is 10.4 Å². The van der Waals surface area contributed by atoms with Crippen molar-refractivity contribution in [2.75, 3.05) is 13.2 Å². The van der Waals surface area contributed by atoms with Gasteiger partial charge in [-0.15, -0.1) is 0 Å². The van der Waals surface area contributed by atoms with Crippen molar-refractivity contribution in [3.8, 4) is 0 Å². The van der Waals surface area contributed by atoms with E-state index in [1.54, 1.807) is 6.08 Å². The Kier molecular flexibility index (Phi) is 6.96. The minimum Gasteiger partial charge on any atom is -0.396 e. The zero-order chi connectivity index (χ0) is 15.0. The molecule has 0 saturated carbocycles. The largest absolute Gasteiger partial charge is 0.396 e. The van der Waals surface area contributed by atoms with Crippen molar-refractivity contribution in [2.45, 2.75) is 26.7 Å². The van der Waals surface area contributed by atoms with E-state index in [1.165, 1.54) is 6.08 Å². The number of rotatable bonds is 7. The van der Waals surface area contributed by atoms with E-state index in [-0.39, 0.29) is 17.9 Å². The SMILES string of the molecule is CCC(CC)(CO)CNC(=O)/C=C/c1ccccc1Br. The van der Waals surface area contributed by atoms with Crippen molar-refractivity contribution in [1.82, 2.24) is 5.32 Å². The van der Waals surface area contributed by atoms with Gasteiger partial charge in [0, 0.05) is 22.5 Å². The molecule has 0 bridgehead atoms. The summed E-state index contributed by atoms with van der Waals surface area (Å²) >= 11 is 3.43. The highest BCUT2D eigenvalue weighted by Crippen LogP contribution is 2.24. The van der Waals surface area contributed by atoms with Gasteiger partial charge in [-0.05, 0) is 30.5 Å². The highest BCUT2D eigenvalue weighted by molar-refractivity contribution is 9.10. The van der Waals surface area contributed by atoms with Gasteiger partial charge in [-0.25, -0.2) is 0 Å². The molecular weight excluding hydrogens is 318 g/mol. The van der Waals surface area contributed by atoms with Crippen LogP contribution in [0.3, 0.4) is 0 Å². The lowest BCUT2D eigenvalue weighted by atomic mass is 9.83. The van der Waals surface area contributed by atoms with E-state index in [2.05, 4.69) is 21.2 Å². The Balaban J connectivity index is 2.58. The molecule has 1 amide bonds. The molecule has 0 unspecified atom stereocenters. The van der Waals surface area contributed by atoms with Crippen LogP contribution in [0, 0.1) is 5.41 Å². The van der Waals surface area contributed by atoms with E-state index >= 15 is 0 Å². The fraction of sp³-hybridized carbons (Fsp3) is 0.438. The van der Waals surface area contributed by atoms with Crippen molar-refractivity contribution in [2.24, 2.45) is 5.41 Å². The molecular formula is C16H22BrNO2. The minimum absolute atomic E-state index is 0.0915. The lowest BCUT2D eigenvalue weighted by Crippen LogP contribution is -2.38. The van der Waals surface area contributed by atoms with Gasteiger partial charge in [0.2, 0.25) is 5.91 Å². The summed E-state index contributed by atoms with van der Waals surface area (Å²) in [5.74, 6) is -0.138. The topological polar surface area (TPSA) is 49.3 Å². The van der Waals surface area contributed by atoms with Gasteiger partial charge in [0.25, 0.3) is 0 Å². The Morgan fingerprint density at radius 3 is 2.55 bits per heavy atom. The van der Waals surface area contributed by atoms with Crippen LogP contribution in [0.15, 0.2) is 34.8 Å². The molecule has 0 heterocycles. The first-order chi connectivity index (χ1) is 9.56. The van der Waals surface area contributed by atoms with Crippen molar-refractivity contribution in [3.05, 3.63) is 40.4 Å². The average Bonchev–Trinajstić information content (AvgIpc) is 2.48. The molecule has 0 spiro atoms. The van der Waals surface area contributed by atoms with Gasteiger partial charge in [0.15, 0.2) is 0 Å². The molecule has 3 nitrogen and oxygen atoms in total. The number of carbonyl (C=O) groups is 1. The maximum Gasteiger partial charge on any atom is 0.244 e. The third-order valence-corrected chi connectivity index (χ3v) is 4.51. The standard InChI is InChI=1S/C16H22BrNO2/c1-3-16(4-2,12-19)11-18-15(20)10-9-13-7-5-6-8-14(13)17/h5-10,19H,3-4,11-12H2,1-2H3,(H,18,20)/b10-9+. The Hall–Kier alpha value is -1.13. The Bertz CT molecular complexity index is 459. The van der Waals surface area contributed by atoms with Crippen LogP contribution in [0.25, 0.3) is 6.08 Å². The molecule has 4 heteroatoms. The maximum atomic E-state index is 11.8. The van der Waals surface area contributed by atoms with Crippen LogP contribution in [-0.4, -0.2) is 24.2 Å². The highest BCUT2D eigenvalue weighted by Gasteiger charge is 2.25. The van der Waals surface area contributed by atoms with Gasteiger partial charge in [-0.1, -0.05) is 48.0 Å². The first kappa shape index (κ1) is 16.9. The van der Waals surface area contributed by atoms with Crippen molar-refractivity contribution < 1.29 is 9.90 Å². The first-order valence-electron chi connectivity index (χ1n) is 6.88. The van der Waals surface area contributed by atoms with Crippen LogP contribution < -0.4 is 5.32 Å². The normalized spacial score (nSPS) is 11.8.